The van der Waals surface area contributed by atoms with Crippen molar-refractivity contribution in [3.05, 3.63) is 70.0 Å². The third-order valence-electron chi connectivity index (χ3n) is 4.04. The Morgan fingerprint density at radius 1 is 1.07 bits per heavy atom. The Kier molecular flexibility index (Phi) is 8.07. The second-order valence-corrected chi connectivity index (χ2v) is 6.39. The predicted molar refractivity (Wildman–Crippen MR) is 108 cm³/mol. The summed E-state index contributed by atoms with van der Waals surface area (Å²) in [6.45, 7) is 3.51. The summed E-state index contributed by atoms with van der Waals surface area (Å²) in [4.78, 5) is 16.2. The van der Waals surface area contributed by atoms with Crippen LogP contribution in [0.1, 0.15) is 21.5 Å². The Hall–Kier alpha value is -2.60. The summed E-state index contributed by atoms with van der Waals surface area (Å²) in [7, 11) is 1.68. The summed E-state index contributed by atoms with van der Waals surface area (Å²) in [6, 6.07) is 11.7. The van der Waals surface area contributed by atoms with E-state index in [4.69, 9.17) is 11.6 Å². The first kappa shape index (κ1) is 20.7. The van der Waals surface area contributed by atoms with Crippen LogP contribution in [0.4, 0.5) is 4.39 Å². The molecule has 0 bridgehead atoms. The molecule has 2 aromatic carbocycles. The van der Waals surface area contributed by atoms with Crippen LogP contribution in [0.25, 0.3) is 0 Å². The van der Waals surface area contributed by atoms with E-state index in [2.05, 4.69) is 20.9 Å². The number of hydrogen-bond acceptors (Lipinski definition) is 2. The first-order chi connectivity index (χ1) is 13.0. The smallest absolute Gasteiger partial charge is 0.252 e. The van der Waals surface area contributed by atoms with Crippen LogP contribution in [0.15, 0.2) is 47.5 Å². The van der Waals surface area contributed by atoms with Gasteiger partial charge in [-0.15, -0.1) is 0 Å². The SMILES string of the molecule is CN=C(NCCNC(=O)c1ccccc1Cl)NCCc1ccc(F)cc1C. The van der Waals surface area contributed by atoms with Gasteiger partial charge in [-0.05, 0) is 48.7 Å². The number of benzene rings is 2. The summed E-state index contributed by atoms with van der Waals surface area (Å²) in [5.74, 6) is 0.208. The van der Waals surface area contributed by atoms with Crippen molar-refractivity contribution in [2.75, 3.05) is 26.7 Å². The van der Waals surface area contributed by atoms with Gasteiger partial charge in [-0.3, -0.25) is 9.79 Å². The quantitative estimate of drug-likeness (QED) is 0.387. The third-order valence-corrected chi connectivity index (χ3v) is 4.37. The van der Waals surface area contributed by atoms with Crippen LogP contribution in [-0.4, -0.2) is 38.5 Å². The van der Waals surface area contributed by atoms with Crippen LogP contribution >= 0.6 is 11.6 Å². The Morgan fingerprint density at radius 3 is 2.48 bits per heavy atom. The molecule has 0 atom stereocenters. The third kappa shape index (κ3) is 6.57. The molecule has 0 unspecified atom stereocenters. The maximum Gasteiger partial charge on any atom is 0.252 e. The van der Waals surface area contributed by atoms with Crippen LogP contribution in [0.5, 0.6) is 0 Å². The van der Waals surface area contributed by atoms with Gasteiger partial charge in [0.05, 0.1) is 10.6 Å². The van der Waals surface area contributed by atoms with Crippen molar-refractivity contribution in [3.8, 4) is 0 Å². The lowest BCUT2D eigenvalue weighted by Crippen LogP contribution is -2.42. The number of aryl methyl sites for hydroxylation is 1. The molecule has 0 aliphatic carbocycles. The summed E-state index contributed by atoms with van der Waals surface area (Å²) in [6.07, 6.45) is 0.760. The van der Waals surface area contributed by atoms with Gasteiger partial charge in [0.1, 0.15) is 5.82 Å². The topological polar surface area (TPSA) is 65.5 Å². The zero-order chi connectivity index (χ0) is 19.6. The van der Waals surface area contributed by atoms with E-state index in [0.29, 0.717) is 36.2 Å². The van der Waals surface area contributed by atoms with E-state index in [1.54, 1.807) is 37.4 Å². The summed E-state index contributed by atoms with van der Waals surface area (Å²) in [5.41, 5.74) is 2.48. The highest BCUT2D eigenvalue weighted by molar-refractivity contribution is 6.33. The fourth-order valence-electron chi connectivity index (χ4n) is 2.57. The zero-order valence-electron chi connectivity index (χ0n) is 15.5. The van der Waals surface area contributed by atoms with Crippen molar-refractivity contribution in [1.82, 2.24) is 16.0 Å². The largest absolute Gasteiger partial charge is 0.356 e. The van der Waals surface area contributed by atoms with E-state index in [0.717, 1.165) is 17.5 Å². The number of nitrogens with zero attached hydrogens (tertiary/aromatic N) is 1. The highest BCUT2D eigenvalue weighted by Gasteiger charge is 2.08. The van der Waals surface area contributed by atoms with Crippen molar-refractivity contribution in [2.24, 2.45) is 4.99 Å². The van der Waals surface area contributed by atoms with Crippen molar-refractivity contribution >= 4 is 23.5 Å². The molecule has 0 aliphatic rings. The standard InChI is InChI=1S/C20H24ClFN4O/c1-14-13-16(22)8-7-15(14)9-10-25-20(23-2)26-12-11-24-19(27)17-5-3-4-6-18(17)21/h3-8,13H,9-12H2,1-2H3,(H,24,27)(H2,23,25,26). The van der Waals surface area contributed by atoms with Gasteiger partial charge < -0.3 is 16.0 Å². The van der Waals surface area contributed by atoms with Crippen LogP contribution in [-0.2, 0) is 6.42 Å². The molecule has 0 heterocycles. The molecular formula is C20H24ClFN4O. The molecule has 2 aromatic rings. The lowest BCUT2D eigenvalue weighted by atomic mass is 10.1. The molecule has 5 nitrogen and oxygen atoms in total. The summed E-state index contributed by atoms with van der Waals surface area (Å²) >= 11 is 6.01. The molecule has 0 aromatic heterocycles. The first-order valence-corrected chi connectivity index (χ1v) is 9.11. The normalized spacial score (nSPS) is 11.2. The van der Waals surface area contributed by atoms with Crippen LogP contribution in [0, 0.1) is 12.7 Å². The van der Waals surface area contributed by atoms with E-state index in [1.807, 2.05) is 6.92 Å². The number of carbonyl (C=O) groups is 1. The zero-order valence-corrected chi connectivity index (χ0v) is 16.2. The molecule has 27 heavy (non-hydrogen) atoms. The number of rotatable bonds is 7. The Balaban J connectivity index is 1.70. The molecule has 1 amide bonds. The van der Waals surface area contributed by atoms with Gasteiger partial charge >= 0.3 is 0 Å². The molecule has 2 rings (SSSR count). The van der Waals surface area contributed by atoms with Gasteiger partial charge in [0.25, 0.3) is 5.91 Å². The number of aliphatic imine (C=N–C) groups is 1. The van der Waals surface area contributed by atoms with Gasteiger partial charge in [0.15, 0.2) is 5.96 Å². The molecule has 144 valence electrons. The lowest BCUT2D eigenvalue weighted by Gasteiger charge is -2.13. The monoisotopic (exact) mass is 390 g/mol. The lowest BCUT2D eigenvalue weighted by molar-refractivity contribution is 0.0954. The van der Waals surface area contributed by atoms with Gasteiger partial charge in [0.2, 0.25) is 0 Å². The van der Waals surface area contributed by atoms with Crippen molar-refractivity contribution in [1.29, 1.82) is 0 Å². The highest BCUT2D eigenvalue weighted by Crippen LogP contribution is 2.14. The maximum atomic E-state index is 13.1. The molecule has 0 radical (unpaired) electrons. The molecule has 3 N–H and O–H groups in total. The van der Waals surface area contributed by atoms with Gasteiger partial charge in [-0.1, -0.05) is 29.8 Å². The Bertz CT molecular complexity index is 810. The van der Waals surface area contributed by atoms with Gasteiger partial charge in [0, 0.05) is 26.7 Å². The highest BCUT2D eigenvalue weighted by atomic mass is 35.5. The number of amides is 1. The second-order valence-electron chi connectivity index (χ2n) is 5.98. The fraction of sp³-hybridized carbons (Fsp3) is 0.300. The number of guanidine groups is 1. The van der Waals surface area contributed by atoms with Crippen LogP contribution in [0.3, 0.4) is 0 Å². The number of carbonyl (C=O) groups excluding carboxylic acids is 1. The number of hydrogen-bond donors (Lipinski definition) is 3. The summed E-state index contributed by atoms with van der Waals surface area (Å²) in [5, 5.41) is 9.57. The molecule has 0 fully saturated rings. The molecule has 0 spiro atoms. The van der Waals surface area contributed by atoms with Gasteiger partial charge in [-0.2, -0.15) is 0 Å². The van der Waals surface area contributed by atoms with Crippen molar-refractivity contribution in [2.45, 2.75) is 13.3 Å². The average molecular weight is 391 g/mol. The molecule has 0 saturated carbocycles. The minimum atomic E-state index is -0.222. The average Bonchev–Trinajstić information content (AvgIpc) is 2.65. The van der Waals surface area contributed by atoms with E-state index in [-0.39, 0.29) is 11.7 Å². The van der Waals surface area contributed by atoms with E-state index in [1.165, 1.54) is 12.1 Å². The number of halogens is 2. The Labute approximate surface area is 164 Å². The van der Waals surface area contributed by atoms with E-state index in [9.17, 15) is 9.18 Å². The minimum Gasteiger partial charge on any atom is -0.356 e. The minimum absolute atomic E-state index is 0.211. The van der Waals surface area contributed by atoms with Gasteiger partial charge in [-0.25, -0.2) is 4.39 Å². The Morgan fingerprint density at radius 2 is 1.78 bits per heavy atom. The first-order valence-electron chi connectivity index (χ1n) is 8.73. The predicted octanol–water partition coefficient (Wildman–Crippen LogP) is 2.93. The maximum absolute atomic E-state index is 13.1. The van der Waals surface area contributed by atoms with Crippen molar-refractivity contribution in [3.63, 3.8) is 0 Å². The second kappa shape index (κ2) is 10.5. The molecular weight excluding hydrogens is 367 g/mol. The molecule has 0 saturated heterocycles. The van der Waals surface area contributed by atoms with Crippen LogP contribution < -0.4 is 16.0 Å². The fourth-order valence-corrected chi connectivity index (χ4v) is 2.80. The van der Waals surface area contributed by atoms with E-state index < -0.39 is 0 Å². The molecule has 7 heteroatoms. The molecule has 0 aliphatic heterocycles. The number of nitrogens with one attached hydrogen (secondary N) is 3. The summed E-state index contributed by atoms with van der Waals surface area (Å²) < 4.78 is 13.1. The van der Waals surface area contributed by atoms with Crippen LogP contribution in [0.2, 0.25) is 5.02 Å². The van der Waals surface area contributed by atoms with Crippen molar-refractivity contribution < 1.29 is 9.18 Å². The van der Waals surface area contributed by atoms with E-state index >= 15 is 0 Å².